The predicted molar refractivity (Wildman–Crippen MR) is 86.8 cm³/mol. The van der Waals surface area contributed by atoms with Gasteiger partial charge in [-0.3, -0.25) is 0 Å². The summed E-state index contributed by atoms with van der Waals surface area (Å²) in [7, 11) is 1.76. The summed E-state index contributed by atoms with van der Waals surface area (Å²) >= 11 is 1.82. The summed E-state index contributed by atoms with van der Waals surface area (Å²) in [5, 5.41) is 0. The lowest BCUT2D eigenvalue weighted by Gasteiger charge is -2.48. The molecule has 0 N–H and O–H groups in total. The van der Waals surface area contributed by atoms with E-state index in [0.29, 0.717) is 6.61 Å². The third-order valence-corrected chi connectivity index (χ3v) is 5.52. The minimum Gasteiger partial charge on any atom is -0.378 e. The molecule has 2 aliphatic rings. The van der Waals surface area contributed by atoms with Crippen LogP contribution < -0.4 is 0 Å². The Morgan fingerprint density at radius 3 is 2.68 bits per heavy atom. The van der Waals surface area contributed by atoms with Crippen molar-refractivity contribution in [3.8, 4) is 0 Å². The van der Waals surface area contributed by atoms with Crippen molar-refractivity contribution in [2.45, 2.75) is 43.9 Å². The number of thioether (sulfide) groups is 1. The van der Waals surface area contributed by atoms with Crippen molar-refractivity contribution >= 4 is 11.8 Å². The summed E-state index contributed by atoms with van der Waals surface area (Å²) in [6, 6.07) is 10.0. The van der Waals surface area contributed by atoms with Crippen molar-refractivity contribution in [3.05, 3.63) is 35.9 Å². The molecule has 1 aromatic rings. The number of hydrogen-bond donors (Lipinski definition) is 0. The van der Waals surface area contributed by atoms with E-state index in [2.05, 4.69) is 13.8 Å². The zero-order valence-electron chi connectivity index (χ0n) is 13.3. The van der Waals surface area contributed by atoms with Crippen LogP contribution in [0.15, 0.2) is 30.3 Å². The standard InChI is InChI=1S/C17H24O4S/c1-4-22-17-11(2)14(18-3)15-13(20-17)10-19-16(21-15)12-8-6-5-7-9-12/h5-9,11,13-17H,4,10H2,1-3H3/t11?,13?,14-,15+,16?,17+/m1/s1. The molecule has 2 fully saturated rings. The van der Waals surface area contributed by atoms with Gasteiger partial charge in [0.05, 0.1) is 12.7 Å². The van der Waals surface area contributed by atoms with E-state index in [1.807, 2.05) is 42.1 Å². The Balaban J connectivity index is 1.75. The van der Waals surface area contributed by atoms with E-state index >= 15 is 0 Å². The molecular formula is C17H24O4S. The van der Waals surface area contributed by atoms with Gasteiger partial charge in [-0.15, -0.1) is 11.8 Å². The molecule has 2 heterocycles. The van der Waals surface area contributed by atoms with Crippen molar-refractivity contribution in [3.63, 3.8) is 0 Å². The van der Waals surface area contributed by atoms with E-state index in [-0.39, 0.29) is 36.0 Å². The fraction of sp³-hybridized carbons (Fsp3) is 0.647. The van der Waals surface area contributed by atoms with E-state index in [1.165, 1.54) is 0 Å². The topological polar surface area (TPSA) is 36.9 Å². The Kier molecular flexibility index (Phi) is 5.42. The summed E-state index contributed by atoms with van der Waals surface area (Å²) in [5.41, 5.74) is 1.17. The molecule has 0 bridgehead atoms. The lowest BCUT2D eigenvalue weighted by Crippen LogP contribution is -2.58. The molecule has 0 amide bonds. The molecule has 1 aromatic carbocycles. The van der Waals surface area contributed by atoms with Gasteiger partial charge < -0.3 is 18.9 Å². The summed E-state index contributed by atoms with van der Waals surface area (Å²) in [6.07, 6.45) is -0.470. The molecule has 5 heteroatoms. The van der Waals surface area contributed by atoms with Crippen LogP contribution in [0.1, 0.15) is 25.7 Å². The summed E-state index contributed by atoms with van der Waals surface area (Å²) in [4.78, 5) is 0. The number of ether oxygens (including phenoxy) is 4. The lowest BCUT2D eigenvalue weighted by molar-refractivity contribution is -0.314. The summed E-state index contributed by atoms with van der Waals surface area (Å²) in [6.45, 7) is 4.86. The van der Waals surface area contributed by atoms with Crippen molar-refractivity contribution in [2.24, 2.45) is 5.92 Å². The first-order chi connectivity index (χ1) is 10.7. The van der Waals surface area contributed by atoms with Gasteiger partial charge in [-0.25, -0.2) is 0 Å². The average molecular weight is 324 g/mol. The molecule has 3 rings (SSSR count). The summed E-state index contributed by atoms with van der Waals surface area (Å²) in [5.74, 6) is 1.31. The fourth-order valence-electron chi connectivity index (χ4n) is 3.19. The van der Waals surface area contributed by atoms with E-state index in [1.54, 1.807) is 7.11 Å². The van der Waals surface area contributed by atoms with E-state index < -0.39 is 0 Å². The average Bonchev–Trinajstić information content (AvgIpc) is 2.56. The van der Waals surface area contributed by atoms with Crippen LogP contribution in [0.3, 0.4) is 0 Å². The first kappa shape index (κ1) is 16.3. The van der Waals surface area contributed by atoms with Gasteiger partial charge in [0.2, 0.25) is 0 Å². The fourth-order valence-corrected chi connectivity index (χ4v) is 4.20. The van der Waals surface area contributed by atoms with Gasteiger partial charge in [-0.05, 0) is 5.75 Å². The second-order valence-electron chi connectivity index (χ2n) is 5.73. The second-order valence-corrected chi connectivity index (χ2v) is 7.11. The Morgan fingerprint density at radius 2 is 2.00 bits per heavy atom. The molecule has 0 aliphatic carbocycles. The van der Waals surface area contributed by atoms with E-state index in [4.69, 9.17) is 18.9 Å². The number of methoxy groups -OCH3 is 1. The second kappa shape index (κ2) is 7.32. The number of hydrogen-bond acceptors (Lipinski definition) is 5. The normalized spacial score (nSPS) is 38.5. The minimum absolute atomic E-state index is 0.0258. The monoisotopic (exact) mass is 324 g/mol. The molecule has 0 aromatic heterocycles. The first-order valence-corrected chi connectivity index (χ1v) is 8.91. The van der Waals surface area contributed by atoms with Crippen LogP contribution in [0.4, 0.5) is 0 Å². The van der Waals surface area contributed by atoms with Crippen molar-refractivity contribution in [1.29, 1.82) is 0 Å². The highest BCUT2D eigenvalue weighted by atomic mass is 32.2. The van der Waals surface area contributed by atoms with Crippen molar-refractivity contribution in [2.75, 3.05) is 19.5 Å². The van der Waals surface area contributed by atoms with Gasteiger partial charge in [0.15, 0.2) is 6.29 Å². The molecule has 4 nitrogen and oxygen atoms in total. The van der Waals surface area contributed by atoms with Gasteiger partial charge in [-0.1, -0.05) is 44.2 Å². The lowest BCUT2D eigenvalue weighted by atomic mass is 9.92. The summed E-state index contributed by atoms with van der Waals surface area (Å²) < 4.78 is 24.0. The molecule has 6 atom stereocenters. The predicted octanol–water partition coefficient (Wildman–Crippen LogP) is 3.23. The largest absolute Gasteiger partial charge is 0.378 e. The molecule has 2 saturated heterocycles. The smallest absolute Gasteiger partial charge is 0.184 e. The first-order valence-electron chi connectivity index (χ1n) is 7.86. The number of rotatable bonds is 4. The van der Waals surface area contributed by atoms with Crippen LogP contribution in [0.25, 0.3) is 0 Å². The van der Waals surface area contributed by atoms with Crippen LogP contribution in [0.5, 0.6) is 0 Å². The van der Waals surface area contributed by atoms with Crippen LogP contribution in [0.2, 0.25) is 0 Å². The SMILES string of the molecule is CCS[C@@H]1OC2COC(c3ccccc3)O[C@@H]2[C@H](OC)C1C. The zero-order chi connectivity index (χ0) is 15.5. The van der Waals surface area contributed by atoms with Crippen LogP contribution in [-0.2, 0) is 18.9 Å². The van der Waals surface area contributed by atoms with Gasteiger partial charge in [-0.2, -0.15) is 0 Å². The molecule has 0 radical (unpaired) electrons. The molecule has 22 heavy (non-hydrogen) atoms. The van der Waals surface area contributed by atoms with Crippen LogP contribution in [0, 0.1) is 5.92 Å². The van der Waals surface area contributed by atoms with Gasteiger partial charge >= 0.3 is 0 Å². The van der Waals surface area contributed by atoms with Crippen LogP contribution >= 0.6 is 11.8 Å². The zero-order valence-corrected chi connectivity index (χ0v) is 14.1. The molecule has 0 saturated carbocycles. The molecular weight excluding hydrogens is 300 g/mol. The highest BCUT2D eigenvalue weighted by Crippen LogP contribution is 2.40. The minimum atomic E-state index is -0.341. The van der Waals surface area contributed by atoms with Gasteiger partial charge in [0.1, 0.15) is 17.6 Å². The Morgan fingerprint density at radius 1 is 1.23 bits per heavy atom. The molecule has 122 valence electrons. The van der Waals surface area contributed by atoms with Crippen molar-refractivity contribution in [1.82, 2.24) is 0 Å². The third kappa shape index (κ3) is 3.19. The molecule has 0 spiro atoms. The quantitative estimate of drug-likeness (QED) is 0.850. The molecule has 3 unspecified atom stereocenters. The Hall–Kier alpha value is -0.590. The Bertz CT molecular complexity index is 469. The maximum Gasteiger partial charge on any atom is 0.184 e. The number of fused-ring (bicyclic) bond motifs is 1. The van der Waals surface area contributed by atoms with Crippen LogP contribution in [-0.4, -0.2) is 43.2 Å². The Labute approximate surface area is 136 Å². The highest BCUT2D eigenvalue weighted by molar-refractivity contribution is 7.99. The number of benzene rings is 1. The highest BCUT2D eigenvalue weighted by Gasteiger charge is 2.48. The van der Waals surface area contributed by atoms with E-state index in [9.17, 15) is 0 Å². The third-order valence-electron chi connectivity index (χ3n) is 4.31. The molecule has 2 aliphatic heterocycles. The maximum absolute atomic E-state index is 6.20. The van der Waals surface area contributed by atoms with Gasteiger partial charge in [0, 0.05) is 18.6 Å². The van der Waals surface area contributed by atoms with E-state index in [0.717, 1.165) is 11.3 Å². The van der Waals surface area contributed by atoms with Gasteiger partial charge in [0.25, 0.3) is 0 Å². The van der Waals surface area contributed by atoms with Crippen molar-refractivity contribution < 1.29 is 18.9 Å². The maximum atomic E-state index is 6.20.